The molecule has 0 aliphatic heterocycles. The van der Waals surface area contributed by atoms with Gasteiger partial charge in [-0.25, -0.2) is 0 Å². The third-order valence-electron chi connectivity index (χ3n) is 3.24. The van der Waals surface area contributed by atoms with E-state index in [0.29, 0.717) is 11.8 Å². The first-order valence-corrected chi connectivity index (χ1v) is 6.05. The third-order valence-corrected chi connectivity index (χ3v) is 3.24. The Morgan fingerprint density at radius 2 is 1.87 bits per heavy atom. The normalized spacial score (nSPS) is 18.1. The Hall–Kier alpha value is -0.820. The Balaban J connectivity index is 1.98. The van der Waals surface area contributed by atoms with Crippen LogP contribution in [0.2, 0.25) is 0 Å². The van der Waals surface area contributed by atoms with Crippen LogP contribution >= 0.6 is 0 Å². The maximum Gasteiger partial charge on any atom is 0.00684 e. The number of rotatable bonds is 5. The fourth-order valence-electron chi connectivity index (χ4n) is 2.02. The van der Waals surface area contributed by atoms with Gasteiger partial charge in [-0.05, 0) is 30.2 Å². The largest absolute Gasteiger partial charge is 0.313 e. The van der Waals surface area contributed by atoms with Crippen LogP contribution in [0.4, 0.5) is 0 Å². The quantitative estimate of drug-likeness (QED) is 0.775. The lowest BCUT2D eigenvalue weighted by molar-refractivity contribution is 0.460. The zero-order chi connectivity index (χ0) is 10.7. The molecule has 0 aromatic heterocycles. The van der Waals surface area contributed by atoms with Crippen molar-refractivity contribution in [1.29, 1.82) is 0 Å². The van der Waals surface area contributed by atoms with Gasteiger partial charge in [0.15, 0.2) is 0 Å². The maximum absolute atomic E-state index is 3.64. The number of hydrogen-bond acceptors (Lipinski definition) is 1. The molecule has 1 unspecified atom stereocenters. The van der Waals surface area contributed by atoms with Gasteiger partial charge in [0.1, 0.15) is 0 Å². The van der Waals surface area contributed by atoms with Gasteiger partial charge in [0.25, 0.3) is 0 Å². The van der Waals surface area contributed by atoms with Crippen molar-refractivity contribution in [1.82, 2.24) is 5.32 Å². The van der Waals surface area contributed by atoms with Crippen LogP contribution in [0.3, 0.4) is 0 Å². The fourth-order valence-corrected chi connectivity index (χ4v) is 2.02. The van der Waals surface area contributed by atoms with Gasteiger partial charge in [-0.1, -0.05) is 44.2 Å². The molecule has 82 valence electrons. The molecule has 0 bridgehead atoms. The van der Waals surface area contributed by atoms with E-state index in [1.54, 1.807) is 0 Å². The lowest BCUT2D eigenvalue weighted by Crippen LogP contribution is -2.26. The Labute approximate surface area is 92.9 Å². The maximum atomic E-state index is 3.64. The van der Waals surface area contributed by atoms with Crippen LogP contribution in [0.15, 0.2) is 30.3 Å². The van der Waals surface area contributed by atoms with E-state index in [1.807, 2.05) is 0 Å². The highest BCUT2D eigenvalue weighted by Gasteiger charge is 2.23. The molecule has 1 aromatic rings. The molecule has 2 rings (SSSR count). The van der Waals surface area contributed by atoms with Crippen molar-refractivity contribution >= 4 is 0 Å². The summed E-state index contributed by atoms with van der Waals surface area (Å²) in [5, 5.41) is 3.64. The van der Waals surface area contributed by atoms with Crippen LogP contribution < -0.4 is 5.32 Å². The molecule has 0 heterocycles. The van der Waals surface area contributed by atoms with Crippen molar-refractivity contribution in [2.45, 2.75) is 38.6 Å². The zero-order valence-corrected chi connectivity index (χ0v) is 9.74. The molecular formula is C14H21N. The Morgan fingerprint density at radius 3 is 2.40 bits per heavy atom. The minimum atomic E-state index is 0.659. The molecule has 1 aliphatic carbocycles. The number of benzene rings is 1. The summed E-state index contributed by atoms with van der Waals surface area (Å²) in [6, 6.07) is 11.7. The highest BCUT2D eigenvalue weighted by molar-refractivity contribution is 5.20. The summed E-state index contributed by atoms with van der Waals surface area (Å²) in [6.45, 7) is 5.75. The molecule has 1 N–H and O–H groups in total. The van der Waals surface area contributed by atoms with Gasteiger partial charge >= 0.3 is 0 Å². The molecule has 1 fully saturated rings. The number of hydrogen-bond donors (Lipinski definition) is 1. The fraction of sp³-hybridized carbons (Fsp3) is 0.571. The molecule has 0 spiro atoms. The molecule has 1 nitrogen and oxygen atoms in total. The lowest BCUT2D eigenvalue weighted by Gasteiger charge is -2.21. The number of nitrogens with one attached hydrogen (secondary N) is 1. The van der Waals surface area contributed by atoms with E-state index in [9.17, 15) is 0 Å². The summed E-state index contributed by atoms with van der Waals surface area (Å²) in [4.78, 5) is 0. The van der Waals surface area contributed by atoms with E-state index in [0.717, 1.165) is 12.6 Å². The Kier molecular flexibility index (Phi) is 3.42. The summed E-state index contributed by atoms with van der Waals surface area (Å²) in [7, 11) is 0. The van der Waals surface area contributed by atoms with Gasteiger partial charge < -0.3 is 5.32 Å². The summed E-state index contributed by atoms with van der Waals surface area (Å²) >= 11 is 0. The van der Waals surface area contributed by atoms with E-state index in [2.05, 4.69) is 49.5 Å². The summed E-state index contributed by atoms with van der Waals surface area (Å²) in [6.07, 6.45) is 2.75. The summed E-state index contributed by atoms with van der Waals surface area (Å²) in [5.41, 5.74) is 1.47. The van der Waals surface area contributed by atoms with Crippen LogP contribution in [0.25, 0.3) is 0 Å². The highest BCUT2D eigenvalue weighted by atomic mass is 14.9. The molecule has 0 saturated heterocycles. The smallest absolute Gasteiger partial charge is 0.00684 e. The molecule has 1 heteroatoms. The third kappa shape index (κ3) is 3.07. The van der Waals surface area contributed by atoms with Crippen molar-refractivity contribution in [2.24, 2.45) is 5.92 Å². The predicted molar refractivity (Wildman–Crippen MR) is 65.0 cm³/mol. The van der Waals surface area contributed by atoms with Crippen LogP contribution in [-0.2, 0) is 0 Å². The summed E-state index contributed by atoms with van der Waals surface area (Å²) in [5.74, 6) is 1.37. The van der Waals surface area contributed by atoms with E-state index in [-0.39, 0.29) is 0 Å². The van der Waals surface area contributed by atoms with Crippen molar-refractivity contribution in [2.75, 3.05) is 6.54 Å². The standard InChI is InChI=1S/C14H21N/c1-11(2)14(10-15-13-8-9-13)12-6-4-3-5-7-12/h3-7,11,13-15H,8-10H2,1-2H3. The minimum Gasteiger partial charge on any atom is -0.313 e. The van der Waals surface area contributed by atoms with E-state index >= 15 is 0 Å². The minimum absolute atomic E-state index is 0.659. The average molecular weight is 203 g/mol. The van der Waals surface area contributed by atoms with Crippen LogP contribution in [0.5, 0.6) is 0 Å². The van der Waals surface area contributed by atoms with Crippen molar-refractivity contribution in [3.8, 4) is 0 Å². The van der Waals surface area contributed by atoms with Crippen molar-refractivity contribution in [3.05, 3.63) is 35.9 Å². The van der Waals surface area contributed by atoms with Crippen molar-refractivity contribution in [3.63, 3.8) is 0 Å². The Morgan fingerprint density at radius 1 is 1.20 bits per heavy atom. The Bertz CT molecular complexity index is 287. The molecule has 1 aromatic carbocycles. The van der Waals surface area contributed by atoms with Gasteiger partial charge in [0, 0.05) is 12.6 Å². The molecule has 1 aliphatic rings. The molecule has 0 radical (unpaired) electrons. The van der Waals surface area contributed by atoms with Crippen LogP contribution in [-0.4, -0.2) is 12.6 Å². The predicted octanol–water partition coefficient (Wildman–Crippen LogP) is 3.18. The molecule has 1 atom stereocenters. The van der Waals surface area contributed by atoms with Crippen LogP contribution in [0.1, 0.15) is 38.2 Å². The van der Waals surface area contributed by atoms with Gasteiger partial charge in [-0.3, -0.25) is 0 Å². The first kappa shape index (κ1) is 10.7. The van der Waals surface area contributed by atoms with Gasteiger partial charge in [0.05, 0.1) is 0 Å². The molecule has 1 saturated carbocycles. The SMILES string of the molecule is CC(C)C(CNC1CC1)c1ccccc1. The van der Waals surface area contributed by atoms with E-state index in [4.69, 9.17) is 0 Å². The first-order chi connectivity index (χ1) is 7.27. The topological polar surface area (TPSA) is 12.0 Å². The second-order valence-electron chi connectivity index (χ2n) is 4.94. The molecular weight excluding hydrogens is 182 g/mol. The van der Waals surface area contributed by atoms with Gasteiger partial charge in [0.2, 0.25) is 0 Å². The van der Waals surface area contributed by atoms with E-state index < -0.39 is 0 Å². The molecule has 0 amide bonds. The summed E-state index contributed by atoms with van der Waals surface area (Å²) < 4.78 is 0. The van der Waals surface area contributed by atoms with Gasteiger partial charge in [-0.15, -0.1) is 0 Å². The molecule has 15 heavy (non-hydrogen) atoms. The van der Waals surface area contributed by atoms with Crippen molar-refractivity contribution < 1.29 is 0 Å². The second-order valence-corrected chi connectivity index (χ2v) is 4.94. The van der Waals surface area contributed by atoms with E-state index in [1.165, 1.54) is 18.4 Å². The van der Waals surface area contributed by atoms with Crippen LogP contribution in [0, 0.1) is 5.92 Å². The first-order valence-electron chi connectivity index (χ1n) is 6.05. The zero-order valence-electron chi connectivity index (χ0n) is 9.74. The highest BCUT2D eigenvalue weighted by Crippen LogP contribution is 2.26. The average Bonchev–Trinajstić information content (AvgIpc) is 3.03. The monoisotopic (exact) mass is 203 g/mol. The second kappa shape index (κ2) is 4.80. The van der Waals surface area contributed by atoms with Gasteiger partial charge in [-0.2, -0.15) is 0 Å². The lowest BCUT2D eigenvalue weighted by atomic mass is 9.88.